The first-order chi connectivity index (χ1) is 8.66. The van der Waals surface area contributed by atoms with Crippen LogP contribution in [0.4, 0.5) is 0 Å². The second-order valence-electron chi connectivity index (χ2n) is 4.46. The van der Waals surface area contributed by atoms with Gasteiger partial charge < -0.3 is 24.3 Å². The molecule has 0 bridgehead atoms. The minimum Gasteiger partial charge on any atom is -0.382 e. The summed E-state index contributed by atoms with van der Waals surface area (Å²) in [4.78, 5) is 0. The van der Waals surface area contributed by atoms with Gasteiger partial charge in [0.25, 0.3) is 0 Å². The summed E-state index contributed by atoms with van der Waals surface area (Å²) in [5.41, 5.74) is 0. The van der Waals surface area contributed by atoms with E-state index in [4.69, 9.17) is 18.9 Å². The van der Waals surface area contributed by atoms with Gasteiger partial charge in [-0.1, -0.05) is 13.8 Å². The van der Waals surface area contributed by atoms with Crippen LogP contribution in [0.2, 0.25) is 0 Å². The molecule has 0 fully saturated rings. The van der Waals surface area contributed by atoms with E-state index in [2.05, 4.69) is 26.1 Å². The molecule has 0 saturated heterocycles. The molecule has 0 aliphatic rings. The molecular formula is C13H29NO4. The zero-order valence-corrected chi connectivity index (χ0v) is 12.2. The lowest BCUT2D eigenvalue weighted by atomic mass is 10.3. The predicted molar refractivity (Wildman–Crippen MR) is 72.1 cm³/mol. The maximum atomic E-state index is 5.59. The summed E-state index contributed by atoms with van der Waals surface area (Å²) in [6, 6.07) is 0.497. The highest BCUT2D eigenvalue weighted by Crippen LogP contribution is 1.90. The second kappa shape index (κ2) is 13.2. The van der Waals surface area contributed by atoms with Gasteiger partial charge in [-0.25, -0.2) is 0 Å². The van der Waals surface area contributed by atoms with Crippen molar-refractivity contribution in [2.45, 2.75) is 32.9 Å². The molecule has 0 rings (SSSR count). The Bertz CT molecular complexity index is 167. The van der Waals surface area contributed by atoms with Crippen LogP contribution in [0.25, 0.3) is 0 Å². The van der Waals surface area contributed by atoms with Crippen molar-refractivity contribution in [1.29, 1.82) is 0 Å². The summed E-state index contributed by atoms with van der Waals surface area (Å²) < 4.78 is 21.1. The summed E-state index contributed by atoms with van der Waals surface area (Å²) in [5.74, 6) is 0. The molecule has 0 radical (unpaired) electrons. The molecule has 0 aliphatic heterocycles. The average molecular weight is 263 g/mol. The van der Waals surface area contributed by atoms with Gasteiger partial charge >= 0.3 is 0 Å². The molecule has 0 amide bonds. The summed E-state index contributed by atoms with van der Waals surface area (Å²) in [5, 5.41) is 3.33. The van der Waals surface area contributed by atoms with Gasteiger partial charge in [-0.05, 0) is 6.92 Å². The number of rotatable bonds is 13. The summed E-state index contributed by atoms with van der Waals surface area (Å²) in [7, 11) is 1.66. The SMILES string of the molecule is COCCOCCOCCOC(C)CNC(C)C. The number of methoxy groups -OCH3 is 1. The third-order valence-corrected chi connectivity index (χ3v) is 2.25. The predicted octanol–water partition coefficient (Wildman–Crippen LogP) is 1.07. The van der Waals surface area contributed by atoms with E-state index in [1.165, 1.54) is 0 Å². The largest absolute Gasteiger partial charge is 0.382 e. The van der Waals surface area contributed by atoms with Crippen molar-refractivity contribution in [3.63, 3.8) is 0 Å². The molecule has 1 N–H and O–H groups in total. The molecule has 0 spiro atoms. The monoisotopic (exact) mass is 263 g/mol. The third-order valence-electron chi connectivity index (χ3n) is 2.25. The fourth-order valence-corrected chi connectivity index (χ4v) is 1.23. The Labute approximate surface area is 111 Å². The first-order valence-electron chi connectivity index (χ1n) is 6.66. The van der Waals surface area contributed by atoms with Crippen LogP contribution in [0.1, 0.15) is 20.8 Å². The van der Waals surface area contributed by atoms with Crippen molar-refractivity contribution in [3.8, 4) is 0 Å². The van der Waals surface area contributed by atoms with Gasteiger partial charge in [-0.2, -0.15) is 0 Å². The van der Waals surface area contributed by atoms with E-state index >= 15 is 0 Å². The Hall–Kier alpha value is -0.200. The quantitative estimate of drug-likeness (QED) is 0.504. The maximum Gasteiger partial charge on any atom is 0.0704 e. The molecule has 1 unspecified atom stereocenters. The van der Waals surface area contributed by atoms with Crippen LogP contribution >= 0.6 is 0 Å². The molecule has 0 aromatic rings. The van der Waals surface area contributed by atoms with Gasteiger partial charge in [-0.3, -0.25) is 0 Å². The lowest BCUT2D eigenvalue weighted by Gasteiger charge is -2.15. The topological polar surface area (TPSA) is 49.0 Å². The highest BCUT2D eigenvalue weighted by Gasteiger charge is 2.02. The van der Waals surface area contributed by atoms with Gasteiger partial charge in [0.2, 0.25) is 0 Å². The van der Waals surface area contributed by atoms with Gasteiger partial charge in [0.15, 0.2) is 0 Å². The van der Waals surface area contributed by atoms with Crippen molar-refractivity contribution in [1.82, 2.24) is 5.32 Å². The van der Waals surface area contributed by atoms with Crippen LogP contribution in [-0.4, -0.2) is 65.4 Å². The molecule has 0 saturated carbocycles. The van der Waals surface area contributed by atoms with Crippen molar-refractivity contribution in [2.24, 2.45) is 0 Å². The van der Waals surface area contributed by atoms with Gasteiger partial charge in [0, 0.05) is 19.7 Å². The van der Waals surface area contributed by atoms with Crippen molar-refractivity contribution >= 4 is 0 Å². The molecule has 5 nitrogen and oxygen atoms in total. The highest BCUT2D eigenvalue weighted by molar-refractivity contribution is 4.58. The zero-order valence-electron chi connectivity index (χ0n) is 12.2. The lowest BCUT2D eigenvalue weighted by molar-refractivity contribution is -0.0119. The van der Waals surface area contributed by atoms with Crippen LogP contribution < -0.4 is 5.32 Å². The molecule has 5 heteroatoms. The Morgan fingerprint density at radius 2 is 1.39 bits per heavy atom. The fourth-order valence-electron chi connectivity index (χ4n) is 1.23. The molecule has 1 atom stereocenters. The third kappa shape index (κ3) is 13.9. The number of nitrogens with one attached hydrogen (secondary N) is 1. The molecular weight excluding hydrogens is 234 g/mol. The lowest BCUT2D eigenvalue weighted by Crippen LogP contribution is -2.32. The number of ether oxygens (including phenoxy) is 4. The number of hydrogen-bond donors (Lipinski definition) is 1. The Morgan fingerprint density at radius 3 is 1.94 bits per heavy atom. The van der Waals surface area contributed by atoms with Gasteiger partial charge in [0.05, 0.1) is 45.7 Å². The first-order valence-corrected chi connectivity index (χ1v) is 6.66. The van der Waals surface area contributed by atoms with Crippen molar-refractivity contribution in [3.05, 3.63) is 0 Å². The van der Waals surface area contributed by atoms with Crippen LogP contribution in [-0.2, 0) is 18.9 Å². The van der Waals surface area contributed by atoms with Gasteiger partial charge in [-0.15, -0.1) is 0 Å². The Kier molecular flexibility index (Phi) is 13.1. The van der Waals surface area contributed by atoms with E-state index in [0.717, 1.165) is 6.54 Å². The minimum absolute atomic E-state index is 0.217. The van der Waals surface area contributed by atoms with Crippen LogP contribution in [0, 0.1) is 0 Å². The van der Waals surface area contributed by atoms with E-state index < -0.39 is 0 Å². The van der Waals surface area contributed by atoms with Crippen molar-refractivity contribution < 1.29 is 18.9 Å². The Morgan fingerprint density at radius 1 is 0.833 bits per heavy atom. The zero-order chi connectivity index (χ0) is 13.6. The first kappa shape index (κ1) is 17.8. The van der Waals surface area contributed by atoms with E-state index in [0.29, 0.717) is 45.7 Å². The van der Waals surface area contributed by atoms with Crippen LogP contribution in [0.15, 0.2) is 0 Å². The fraction of sp³-hybridized carbons (Fsp3) is 1.00. The normalized spacial score (nSPS) is 13.2. The molecule has 0 heterocycles. The number of hydrogen-bond acceptors (Lipinski definition) is 5. The highest BCUT2D eigenvalue weighted by atomic mass is 16.6. The van der Waals surface area contributed by atoms with Gasteiger partial charge in [0.1, 0.15) is 0 Å². The standard InChI is InChI=1S/C13H29NO4/c1-12(2)14-11-13(3)18-10-9-17-8-7-16-6-5-15-4/h12-14H,5-11H2,1-4H3. The maximum absolute atomic E-state index is 5.59. The van der Waals surface area contributed by atoms with Crippen molar-refractivity contribution in [2.75, 3.05) is 53.3 Å². The summed E-state index contributed by atoms with van der Waals surface area (Å²) in [6.07, 6.45) is 0.217. The Balaban J connectivity index is 3.10. The molecule has 0 aliphatic carbocycles. The second-order valence-corrected chi connectivity index (χ2v) is 4.46. The van der Waals surface area contributed by atoms with E-state index in [1.807, 2.05) is 0 Å². The molecule has 0 aromatic heterocycles. The molecule has 18 heavy (non-hydrogen) atoms. The molecule has 110 valence electrons. The molecule has 0 aromatic carbocycles. The van der Waals surface area contributed by atoms with E-state index in [9.17, 15) is 0 Å². The van der Waals surface area contributed by atoms with E-state index in [-0.39, 0.29) is 6.10 Å². The van der Waals surface area contributed by atoms with E-state index in [1.54, 1.807) is 7.11 Å². The van der Waals surface area contributed by atoms with Crippen LogP contribution in [0.5, 0.6) is 0 Å². The summed E-state index contributed by atoms with van der Waals surface area (Å²) >= 11 is 0. The average Bonchev–Trinajstić information content (AvgIpc) is 2.34. The smallest absolute Gasteiger partial charge is 0.0704 e. The minimum atomic E-state index is 0.217. The summed E-state index contributed by atoms with van der Waals surface area (Å²) in [6.45, 7) is 10.9. The van der Waals surface area contributed by atoms with Crippen LogP contribution in [0.3, 0.4) is 0 Å².